The smallest absolute Gasteiger partial charge is 0.212 e. The monoisotopic (exact) mass is 349 g/mol. The highest BCUT2D eigenvalue weighted by Gasteiger charge is 2.26. The maximum Gasteiger partial charge on any atom is 0.212 e. The molecule has 0 saturated heterocycles. The first-order valence-electron chi connectivity index (χ1n) is 8.50. The van der Waals surface area contributed by atoms with Gasteiger partial charge >= 0.3 is 0 Å². The lowest BCUT2D eigenvalue weighted by Crippen LogP contribution is -2.00. The molecule has 0 atom stereocenters. The Morgan fingerprint density at radius 1 is 1.19 bits per heavy atom. The van der Waals surface area contributed by atoms with Gasteiger partial charge in [-0.3, -0.25) is 0 Å². The third-order valence-electron chi connectivity index (χ3n) is 4.88. The third kappa shape index (κ3) is 2.28. The van der Waals surface area contributed by atoms with Crippen LogP contribution in [0.25, 0.3) is 27.7 Å². The Morgan fingerprint density at radius 3 is 2.77 bits per heavy atom. The number of aromatic hydroxyl groups is 1. The van der Waals surface area contributed by atoms with Crippen LogP contribution in [0.4, 0.5) is 4.39 Å². The summed E-state index contributed by atoms with van der Waals surface area (Å²) in [5.41, 5.74) is 3.16. The number of pyridine rings is 1. The zero-order valence-electron chi connectivity index (χ0n) is 14.1. The second-order valence-electron chi connectivity index (χ2n) is 6.67. The van der Waals surface area contributed by atoms with Crippen molar-refractivity contribution in [3.63, 3.8) is 0 Å². The molecular weight excluding hydrogens is 333 g/mol. The molecule has 0 bridgehead atoms. The van der Waals surface area contributed by atoms with E-state index in [1.165, 1.54) is 12.3 Å². The Balaban J connectivity index is 1.58. The van der Waals surface area contributed by atoms with E-state index < -0.39 is 5.95 Å². The minimum atomic E-state index is -0.530. The fraction of sp³-hybridized carbons (Fsp3) is 0.211. The second kappa shape index (κ2) is 5.39. The highest BCUT2D eigenvalue weighted by Crippen LogP contribution is 2.42. The summed E-state index contributed by atoms with van der Waals surface area (Å²) >= 11 is 0. The molecule has 26 heavy (non-hydrogen) atoms. The summed E-state index contributed by atoms with van der Waals surface area (Å²) in [5, 5.41) is 20.7. The summed E-state index contributed by atoms with van der Waals surface area (Å²) in [7, 11) is 0. The van der Waals surface area contributed by atoms with Gasteiger partial charge in [-0.25, -0.2) is 9.67 Å². The van der Waals surface area contributed by atoms with E-state index in [-0.39, 0.29) is 0 Å². The van der Waals surface area contributed by atoms with Crippen LogP contribution in [0.3, 0.4) is 0 Å². The molecule has 1 fully saturated rings. The number of nitrogens with zero attached hydrogens (tertiary/aromatic N) is 5. The maximum atomic E-state index is 13.0. The van der Waals surface area contributed by atoms with E-state index in [0.717, 1.165) is 40.6 Å². The van der Waals surface area contributed by atoms with Gasteiger partial charge in [-0.15, -0.1) is 5.10 Å². The molecule has 1 aromatic carbocycles. The molecule has 0 radical (unpaired) electrons. The van der Waals surface area contributed by atoms with Gasteiger partial charge in [0.1, 0.15) is 5.69 Å². The van der Waals surface area contributed by atoms with Crippen LogP contribution in [-0.4, -0.2) is 29.7 Å². The van der Waals surface area contributed by atoms with Gasteiger partial charge in [0.25, 0.3) is 0 Å². The lowest BCUT2D eigenvalue weighted by atomic mass is 10.1. The summed E-state index contributed by atoms with van der Waals surface area (Å²) in [6, 6.07) is 9.19. The molecule has 1 aliphatic carbocycles. The van der Waals surface area contributed by atoms with Crippen molar-refractivity contribution in [2.24, 2.45) is 0 Å². The van der Waals surface area contributed by atoms with Crippen LogP contribution >= 0.6 is 0 Å². The first-order valence-corrected chi connectivity index (χ1v) is 8.50. The Morgan fingerprint density at radius 2 is 2.04 bits per heavy atom. The van der Waals surface area contributed by atoms with E-state index in [4.69, 9.17) is 0 Å². The van der Waals surface area contributed by atoms with E-state index in [1.807, 2.05) is 35.9 Å². The largest absolute Gasteiger partial charge is 0.494 e. The average molecular weight is 349 g/mol. The van der Waals surface area contributed by atoms with Gasteiger partial charge in [-0.1, -0.05) is 11.3 Å². The molecule has 1 N–H and O–H groups in total. The molecule has 7 heteroatoms. The SMILES string of the molecule is Cc1c(-c2ccc3c(O)n(C4CC4)cc3c2)nnn1-c1ccc(F)nc1. The van der Waals surface area contributed by atoms with Gasteiger partial charge in [0.15, 0.2) is 5.88 Å². The van der Waals surface area contributed by atoms with Gasteiger partial charge in [0.05, 0.1) is 17.6 Å². The number of hydrogen-bond donors (Lipinski definition) is 1. The number of benzene rings is 1. The van der Waals surface area contributed by atoms with Crippen LogP contribution in [0.15, 0.2) is 42.7 Å². The van der Waals surface area contributed by atoms with Gasteiger partial charge in [-0.2, -0.15) is 4.39 Å². The predicted octanol–water partition coefficient (Wildman–Crippen LogP) is 3.77. The fourth-order valence-electron chi connectivity index (χ4n) is 3.34. The van der Waals surface area contributed by atoms with E-state index in [0.29, 0.717) is 17.6 Å². The van der Waals surface area contributed by atoms with Gasteiger partial charge in [0.2, 0.25) is 5.95 Å². The highest BCUT2D eigenvalue weighted by molar-refractivity contribution is 5.91. The Hall–Kier alpha value is -3.22. The first-order chi connectivity index (χ1) is 12.6. The second-order valence-corrected chi connectivity index (χ2v) is 6.67. The molecule has 0 amide bonds. The minimum Gasteiger partial charge on any atom is -0.494 e. The molecule has 0 spiro atoms. The fourth-order valence-corrected chi connectivity index (χ4v) is 3.34. The summed E-state index contributed by atoms with van der Waals surface area (Å²) < 4.78 is 16.6. The highest BCUT2D eigenvalue weighted by atomic mass is 19.1. The predicted molar refractivity (Wildman–Crippen MR) is 94.7 cm³/mol. The maximum absolute atomic E-state index is 13.0. The number of fused-ring (bicyclic) bond motifs is 1. The molecule has 0 unspecified atom stereocenters. The van der Waals surface area contributed by atoms with Gasteiger partial charge in [-0.05, 0) is 44.0 Å². The van der Waals surface area contributed by atoms with Crippen molar-refractivity contribution in [1.82, 2.24) is 24.5 Å². The van der Waals surface area contributed by atoms with Crippen molar-refractivity contribution in [3.05, 3.63) is 54.4 Å². The van der Waals surface area contributed by atoms with Crippen LogP contribution in [0.5, 0.6) is 5.88 Å². The van der Waals surface area contributed by atoms with E-state index >= 15 is 0 Å². The number of hydrogen-bond acceptors (Lipinski definition) is 4. The standard InChI is InChI=1S/C19H16FN5O/c1-11-18(22-23-25(11)15-5-7-17(20)21-9-15)12-2-6-16-13(8-12)10-24(19(16)26)14-3-4-14/h2,5-10,14,26H,3-4H2,1H3. The molecule has 130 valence electrons. The minimum absolute atomic E-state index is 0.326. The van der Waals surface area contributed by atoms with Crippen LogP contribution in [0.1, 0.15) is 24.6 Å². The molecule has 0 aliphatic heterocycles. The van der Waals surface area contributed by atoms with Crippen molar-refractivity contribution in [2.45, 2.75) is 25.8 Å². The van der Waals surface area contributed by atoms with Crippen LogP contribution in [-0.2, 0) is 0 Å². The summed E-state index contributed by atoms with van der Waals surface area (Å²) in [5.74, 6) is -0.205. The Kier molecular flexibility index (Phi) is 3.12. The molecule has 5 rings (SSSR count). The molecule has 1 saturated carbocycles. The van der Waals surface area contributed by atoms with Crippen LogP contribution < -0.4 is 0 Å². The molecule has 3 heterocycles. The lowest BCUT2D eigenvalue weighted by Gasteiger charge is -2.03. The third-order valence-corrected chi connectivity index (χ3v) is 4.88. The Labute approximate surface area is 148 Å². The number of rotatable bonds is 3. The zero-order valence-corrected chi connectivity index (χ0v) is 14.1. The zero-order chi connectivity index (χ0) is 17.8. The molecule has 1 aliphatic rings. The molecule has 6 nitrogen and oxygen atoms in total. The van der Waals surface area contributed by atoms with E-state index in [9.17, 15) is 9.50 Å². The number of aromatic nitrogens is 5. The van der Waals surface area contributed by atoms with Crippen molar-refractivity contribution < 1.29 is 9.50 Å². The van der Waals surface area contributed by atoms with Crippen molar-refractivity contribution in [1.29, 1.82) is 0 Å². The molecule has 3 aromatic heterocycles. The summed E-state index contributed by atoms with van der Waals surface area (Å²) in [6.45, 7) is 1.91. The quantitative estimate of drug-likeness (QED) is 0.572. The molecular formula is C19H16FN5O. The Bertz CT molecular complexity index is 1130. The van der Waals surface area contributed by atoms with Crippen molar-refractivity contribution >= 4 is 10.8 Å². The number of halogens is 1. The van der Waals surface area contributed by atoms with Crippen molar-refractivity contribution in [3.8, 4) is 22.8 Å². The van der Waals surface area contributed by atoms with Crippen LogP contribution in [0.2, 0.25) is 0 Å². The first kappa shape index (κ1) is 15.1. The summed E-state index contributed by atoms with van der Waals surface area (Å²) in [4.78, 5) is 3.67. The van der Waals surface area contributed by atoms with Crippen molar-refractivity contribution in [2.75, 3.05) is 0 Å². The van der Waals surface area contributed by atoms with E-state index in [2.05, 4.69) is 15.3 Å². The molecule has 4 aromatic rings. The van der Waals surface area contributed by atoms with Gasteiger partial charge in [0, 0.05) is 28.6 Å². The lowest BCUT2D eigenvalue weighted by molar-refractivity contribution is 0.424. The normalized spacial score (nSPS) is 14.2. The topological polar surface area (TPSA) is 68.8 Å². The van der Waals surface area contributed by atoms with Crippen LogP contribution in [0, 0.1) is 12.9 Å². The van der Waals surface area contributed by atoms with Gasteiger partial charge < -0.3 is 9.67 Å². The van der Waals surface area contributed by atoms with E-state index in [1.54, 1.807) is 10.7 Å². The average Bonchev–Trinajstić information content (AvgIpc) is 3.34. The summed E-state index contributed by atoms with van der Waals surface area (Å²) in [6.07, 6.45) is 5.65.